The Morgan fingerprint density at radius 2 is 0.614 bits per heavy atom. The molecule has 7 aromatic carbocycles. The second kappa shape index (κ2) is 20.5. The quantitative estimate of drug-likeness (QED) is 0.0857. The van der Waals surface area contributed by atoms with Crippen LogP contribution in [0.3, 0.4) is 0 Å². The lowest BCUT2D eigenvalue weighted by Gasteiger charge is -2.43. The number of fused-ring (bicyclic) bond motifs is 9. The SMILES string of the molecule is CC(C)[Si](C)(c1ccc2c(c1)c1cc([Si](C(C)C)(C(C)C)C(C)C)ccc1n2-c1ccc2c(c1)c1cc(-n3c4ccc([Si](C(C)C)(C(C)C)C(C)C)cc4c4cc([Si]5(C(C)C)C(C)(C)C5(C)C)ccc43)ccc1n2-c1ccccc1)C(C)C. The third kappa shape index (κ3) is 8.00. The number of benzene rings is 7. The Labute approximate surface area is 504 Å². The molecule has 0 atom stereocenters. The van der Waals surface area contributed by atoms with Crippen LogP contribution in [-0.2, 0) is 0 Å². The summed E-state index contributed by atoms with van der Waals surface area (Å²) in [7, 11) is -7.78. The minimum absolute atomic E-state index is 0.301. The van der Waals surface area contributed by atoms with E-state index in [-0.39, 0.29) is 0 Å². The van der Waals surface area contributed by atoms with Gasteiger partial charge in [-0.2, -0.15) is 0 Å². The monoisotopic (exact) mass is 1170 g/mol. The second-order valence-corrected chi connectivity index (χ2v) is 53.4. The van der Waals surface area contributed by atoms with Crippen LogP contribution in [0.1, 0.15) is 152 Å². The Morgan fingerprint density at radius 1 is 0.313 bits per heavy atom. The van der Waals surface area contributed by atoms with Gasteiger partial charge in [-0.15, -0.1) is 0 Å². The molecule has 0 N–H and O–H groups in total. The third-order valence-electron chi connectivity index (χ3n) is 24.3. The first-order chi connectivity index (χ1) is 39.0. The van der Waals surface area contributed by atoms with Gasteiger partial charge in [0.1, 0.15) is 8.07 Å². The van der Waals surface area contributed by atoms with Crippen LogP contribution in [0.4, 0.5) is 0 Å². The number of para-hydroxylation sites is 1. The molecule has 3 nitrogen and oxygen atoms in total. The highest BCUT2D eigenvalue weighted by Gasteiger charge is 2.80. The van der Waals surface area contributed by atoms with Crippen LogP contribution in [0.15, 0.2) is 140 Å². The number of hydrogen-bond acceptors (Lipinski definition) is 0. The van der Waals surface area contributed by atoms with Crippen molar-refractivity contribution < 1.29 is 0 Å². The van der Waals surface area contributed by atoms with Crippen LogP contribution >= 0.6 is 0 Å². The van der Waals surface area contributed by atoms with Gasteiger partial charge >= 0.3 is 0 Å². The molecule has 0 unspecified atom stereocenters. The van der Waals surface area contributed by atoms with Gasteiger partial charge in [-0.25, -0.2) is 0 Å². The number of aromatic nitrogens is 3. The van der Waals surface area contributed by atoms with E-state index >= 15 is 0 Å². The molecule has 1 aliphatic rings. The molecular weight excluding hydrogens is 1070 g/mol. The number of nitrogens with zero attached hydrogens (tertiary/aromatic N) is 3. The Morgan fingerprint density at radius 3 is 0.952 bits per heavy atom. The maximum atomic E-state index is 2.71. The van der Waals surface area contributed by atoms with E-state index in [1.807, 2.05) is 0 Å². The number of rotatable bonds is 16. The third-order valence-corrected chi connectivity index (χ3v) is 52.7. The van der Waals surface area contributed by atoms with Gasteiger partial charge in [-0.05, 0) is 133 Å². The summed E-state index contributed by atoms with van der Waals surface area (Å²) in [6.45, 7) is 58.1. The van der Waals surface area contributed by atoms with Crippen LogP contribution < -0.4 is 20.7 Å². The highest BCUT2D eigenvalue weighted by molar-refractivity contribution is 7.07. The highest BCUT2D eigenvalue weighted by Crippen LogP contribution is 2.83. The molecular formula is C76H101N3Si4. The van der Waals surface area contributed by atoms with E-state index < -0.39 is 32.3 Å². The minimum Gasteiger partial charge on any atom is -0.309 e. The zero-order valence-electron chi connectivity index (χ0n) is 55.3. The van der Waals surface area contributed by atoms with E-state index in [1.54, 1.807) is 20.7 Å². The van der Waals surface area contributed by atoms with Crippen LogP contribution in [0.2, 0.25) is 66.5 Å². The Balaban J connectivity index is 1.20. The maximum Gasteiger partial charge on any atom is 0.101 e. The first kappa shape index (κ1) is 59.5. The molecule has 0 amide bonds. The fourth-order valence-corrected chi connectivity index (χ4v) is 46.0. The van der Waals surface area contributed by atoms with Gasteiger partial charge in [0.05, 0.1) is 57.3 Å². The predicted molar refractivity (Wildman–Crippen MR) is 381 cm³/mol. The Bertz CT molecular complexity index is 3990. The van der Waals surface area contributed by atoms with Crippen molar-refractivity contribution in [2.45, 2.75) is 219 Å². The molecule has 0 saturated carbocycles. The molecule has 1 fully saturated rings. The lowest BCUT2D eigenvalue weighted by Crippen LogP contribution is -2.55. The van der Waals surface area contributed by atoms with Crippen LogP contribution in [-0.4, -0.2) is 46.0 Å². The van der Waals surface area contributed by atoms with Gasteiger partial charge in [0.2, 0.25) is 0 Å². The molecule has 436 valence electrons. The summed E-state index contributed by atoms with van der Waals surface area (Å²) >= 11 is 0. The summed E-state index contributed by atoms with van der Waals surface area (Å²) < 4.78 is 7.76. The molecule has 1 saturated heterocycles. The van der Waals surface area contributed by atoms with Gasteiger partial charge in [-0.3, -0.25) is 0 Å². The van der Waals surface area contributed by atoms with Gasteiger partial charge < -0.3 is 13.7 Å². The highest BCUT2D eigenvalue weighted by atomic mass is 28.3. The average Bonchev–Trinajstić information content (AvgIpc) is 1.49. The van der Waals surface area contributed by atoms with E-state index in [0.717, 1.165) is 0 Å². The molecule has 11 rings (SSSR count). The first-order valence-electron chi connectivity index (χ1n) is 32.3. The fraction of sp³-hybridized carbons (Fsp3) is 0.447. The van der Waals surface area contributed by atoms with E-state index in [0.29, 0.717) is 59.9 Å². The molecule has 83 heavy (non-hydrogen) atoms. The summed E-state index contributed by atoms with van der Waals surface area (Å²) in [5, 5.41) is 15.2. The maximum absolute atomic E-state index is 2.71. The lowest BCUT2D eigenvalue weighted by atomic mass is 10.0. The first-order valence-corrected chi connectivity index (χ1v) is 41.5. The fourth-order valence-electron chi connectivity index (χ4n) is 20.0. The second-order valence-electron chi connectivity index (χ2n) is 30.3. The standard InChI is InChI=1S/C76H101N3Si4/c1-47(2)80(23,48(3)4)59-31-37-71-65(43-59)66-44-60(81(49(5)6,50(7)8)51(9)10)32-38-72(66)78(71)57-29-35-69-63(41-57)64-42-58(30-36-70(64)77(69)56-27-25-24-26-28-56)79-73-39-33-61(82(52(11)12,53(13)14)54(15)16)45-67(73)68-46-62(34-40-74(68)79)83(55(17)18)75(19,20)76(83,21)22/h24-55H,1-23H3. The van der Waals surface area contributed by atoms with Gasteiger partial charge in [0.15, 0.2) is 0 Å². The van der Waals surface area contributed by atoms with Crippen molar-refractivity contribution in [3.8, 4) is 17.1 Å². The van der Waals surface area contributed by atoms with Gasteiger partial charge in [0.25, 0.3) is 0 Å². The zero-order chi connectivity index (χ0) is 60.2. The van der Waals surface area contributed by atoms with Crippen molar-refractivity contribution in [3.05, 3.63) is 140 Å². The topological polar surface area (TPSA) is 14.8 Å². The summed E-state index contributed by atoms with van der Waals surface area (Å²) in [5.74, 6) is 0. The summed E-state index contributed by atoms with van der Waals surface area (Å²) in [6, 6.07) is 56.8. The van der Waals surface area contributed by atoms with E-state index in [9.17, 15) is 0 Å². The summed E-state index contributed by atoms with van der Waals surface area (Å²) in [5.41, 5.74) is 16.9. The smallest absolute Gasteiger partial charge is 0.101 e. The summed E-state index contributed by atoms with van der Waals surface area (Å²) in [4.78, 5) is 0. The van der Waals surface area contributed by atoms with Crippen molar-refractivity contribution in [1.29, 1.82) is 0 Å². The lowest BCUT2D eigenvalue weighted by molar-refractivity contribution is 0.628. The van der Waals surface area contributed by atoms with E-state index in [1.165, 1.54) is 82.5 Å². The van der Waals surface area contributed by atoms with Gasteiger partial charge in [0, 0.05) is 49.4 Å². The molecule has 0 radical (unpaired) electrons. The van der Waals surface area contributed by atoms with Crippen LogP contribution in [0.25, 0.3) is 82.5 Å². The van der Waals surface area contributed by atoms with Crippen molar-refractivity contribution in [2.75, 3.05) is 0 Å². The van der Waals surface area contributed by atoms with Crippen molar-refractivity contribution in [1.82, 2.24) is 13.7 Å². The average molecular weight is 1170 g/mol. The van der Waals surface area contributed by atoms with Crippen LogP contribution in [0, 0.1) is 0 Å². The molecule has 10 aromatic rings. The molecule has 0 bridgehead atoms. The predicted octanol–water partition coefficient (Wildman–Crippen LogP) is 21.5. The van der Waals surface area contributed by atoms with Crippen molar-refractivity contribution in [2.24, 2.45) is 0 Å². The van der Waals surface area contributed by atoms with Crippen molar-refractivity contribution >= 4 is 118 Å². The van der Waals surface area contributed by atoms with E-state index in [2.05, 4.69) is 312 Å². The summed E-state index contributed by atoms with van der Waals surface area (Å²) in [6.07, 6.45) is 0. The molecule has 1 aliphatic heterocycles. The molecule has 7 heteroatoms. The number of hydrogen-bond donors (Lipinski definition) is 0. The zero-order valence-corrected chi connectivity index (χ0v) is 59.3. The van der Waals surface area contributed by atoms with Crippen molar-refractivity contribution in [3.63, 3.8) is 0 Å². The van der Waals surface area contributed by atoms with Gasteiger partial charge in [-0.1, -0.05) is 246 Å². The molecule has 0 aliphatic carbocycles. The van der Waals surface area contributed by atoms with E-state index in [4.69, 9.17) is 0 Å². The largest absolute Gasteiger partial charge is 0.309 e. The minimum atomic E-state index is -1.99. The molecule has 3 aromatic heterocycles. The molecule has 0 spiro atoms. The molecule has 4 heterocycles. The Kier molecular flexibility index (Phi) is 14.7. The Hall–Kier alpha value is -5.19. The van der Waals surface area contributed by atoms with Crippen LogP contribution in [0.5, 0.6) is 0 Å². The normalized spacial score (nSPS) is 16.0.